The summed E-state index contributed by atoms with van der Waals surface area (Å²) in [5, 5.41) is 15.5. The predicted octanol–water partition coefficient (Wildman–Crippen LogP) is 7.92. The number of aromatic nitrogens is 2. The van der Waals surface area contributed by atoms with E-state index in [1.54, 1.807) is 20.4 Å². The van der Waals surface area contributed by atoms with Gasteiger partial charge in [-0.15, -0.1) is 0 Å². The molecule has 1 unspecified atom stereocenters. The van der Waals surface area contributed by atoms with Crippen LogP contribution in [0.2, 0.25) is 0 Å². The number of benzene rings is 4. The number of amides is 1. The van der Waals surface area contributed by atoms with Gasteiger partial charge < -0.3 is 43.4 Å². The van der Waals surface area contributed by atoms with Gasteiger partial charge in [0.15, 0.2) is 0 Å². The highest BCUT2D eigenvalue weighted by atomic mass is 31.2. The first kappa shape index (κ1) is 50.7. The number of nitrogens with one attached hydrogen (secondary N) is 2. The normalized spacial score (nSPS) is 17.8. The third kappa shape index (κ3) is 12.5. The Morgan fingerprint density at radius 2 is 1.48 bits per heavy atom. The predicted molar refractivity (Wildman–Crippen MR) is 258 cm³/mol. The maximum Gasteiger partial charge on any atom is 0.349 e. The molecule has 4 aromatic carbocycles. The van der Waals surface area contributed by atoms with Gasteiger partial charge in [0.05, 0.1) is 52.6 Å². The minimum absolute atomic E-state index is 0.0290. The van der Waals surface area contributed by atoms with Crippen molar-refractivity contribution >= 4 is 20.3 Å². The average Bonchev–Trinajstić information content (AvgIpc) is 3.34. The molecule has 5 aromatic rings. The third-order valence-electron chi connectivity index (χ3n) is 11.5. The van der Waals surface area contributed by atoms with E-state index in [1.165, 1.54) is 11.6 Å². The summed E-state index contributed by atoms with van der Waals surface area (Å²) in [5.74, 6) is 1.42. The van der Waals surface area contributed by atoms with Crippen LogP contribution in [0.1, 0.15) is 68.0 Å². The van der Waals surface area contributed by atoms with Crippen LogP contribution in [0.4, 0.5) is 5.82 Å². The van der Waals surface area contributed by atoms with Gasteiger partial charge in [-0.25, -0.2) is 9.46 Å². The van der Waals surface area contributed by atoms with Crippen molar-refractivity contribution in [2.24, 2.45) is 0 Å². The molecule has 2 N–H and O–H groups in total. The first-order valence-corrected chi connectivity index (χ1v) is 23.6. The van der Waals surface area contributed by atoms with Gasteiger partial charge in [0.25, 0.3) is 8.53 Å². The zero-order valence-electron chi connectivity index (χ0n) is 39.6. The molecule has 1 saturated heterocycles. The summed E-state index contributed by atoms with van der Waals surface area (Å²) in [6.07, 6.45) is -1.00. The van der Waals surface area contributed by atoms with Crippen LogP contribution in [0.15, 0.2) is 120 Å². The smallest absolute Gasteiger partial charge is 0.349 e. The molecule has 0 bridgehead atoms. The summed E-state index contributed by atoms with van der Waals surface area (Å²) >= 11 is 0. The van der Waals surface area contributed by atoms with E-state index in [1.807, 2.05) is 144 Å². The van der Waals surface area contributed by atoms with Crippen molar-refractivity contribution in [1.29, 1.82) is 5.26 Å². The standard InChI is InChI=1S/C51H63N6O9P/c1-35(2)57(36(3)4)67(65-29-15-28-52)66-48-45(33-64-51(39-18-13-10-14-19-39,40-20-24-42(60-7)25-21-40)41-22-26-43(61-8)27-23-41)62-32-44(47(48)63-34-46(58)53-6)56-31-37(5)49(55-50(56)59)54-30-38-16-11-9-12-17-38/h9-14,16-27,31,35-36,44-45,47-48H,15,29-30,32-34H2,1-8H3,(H,53,58)(H,54,55,59)/t44-,45-,47+,48-,67?/m1/s1. The number of nitrogens with zero attached hydrogens (tertiary/aromatic N) is 4. The van der Waals surface area contributed by atoms with Crippen LogP contribution in [0, 0.1) is 18.3 Å². The van der Waals surface area contributed by atoms with Crippen LogP contribution in [-0.2, 0) is 40.2 Å². The van der Waals surface area contributed by atoms with Crippen molar-refractivity contribution in [3.63, 3.8) is 0 Å². The fourth-order valence-electron chi connectivity index (χ4n) is 8.25. The van der Waals surface area contributed by atoms with Crippen molar-refractivity contribution in [3.8, 4) is 17.6 Å². The van der Waals surface area contributed by atoms with Gasteiger partial charge in [0.2, 0.25) is 5.91 Å². The SMILES string of the molecule is CNC(=O)CO[C@@H]1[C@H](OP(OCCC#N)N(C(C)C)C(C)C)[C@@H](COC(c2ccccc2)(c2ccc(OC)cc2)c2ccc(OC)cc2)OC[C@H]1n1cc(C)c(NCc2ccccc2)nc1=O. The van der Waals surface area contributed by atoms with Gasteiger partial charge in [0.1, 0.15) is 47.8 Å². The Morgan fingerprint density at radius 1 is 0.896 bits per heavy atom. The van der Waals surface area contributed by atoms with E-state index in [0.29, 0.717) is 29.4 Å². The second-order valence-electron chi connectivity index (χ2n) is 16.6. The number of likely N-dealkylation sites (N-methyl/N-ethyl adjacent to an activating group) is 1. The molecule has 15 nitrogen and oxygen atoms in total. The van der Waals surface area contributed by atoms with Crippen LogP contribution in [0.3, 0.4) is 0 Å². The maximum atomic E-state index is 14.2. The maximum absolute atomic E-state index is 14.2. The van der Waals surface area contributed by atoms with E-state index in [2.05, 4.69) is 26.4 Å². The second kappa shape index (κ2) is 24.4. The van der Waals surface area contributed by atoms with Crippen molar-refractivity contribution in [1.82, 2.24) is 19.5 Å². The molecule has 1 aliphatic rings. The number of rotatable bonds is 23. The highest BCUT2D eigenvalue weighted by Gasteiger charge is 2.48. The van der Waals surface area contributed by atoms with E-state index in [-0.39, 0.29) is 50.8 Å². The summed E-state index contributed by atoms with van der Waals surface area (Å²) in [5.41, 5.74) is 2.44. The molecule has 1 aromatic heterocycles. The molecule has 2 heterocycles. The van der Waals surface area contributed by atoms with Crippen LogP contribution in [0.25, 0.3) is 0 Å². The summed E-state index contributed by atoms with van der Waals surface area (Å²) in [4.78, 5) is 31.8. The molecule has 0 spiro atoms. The highest BCUT2D eigenvalue weighted by molar-refractivity contribution is 7.44. The van der Waals surface area contributed by atoms with Gasteiger partial charge in [-0.05, 0) is 81.1 Å². The second-order valence-corrected chi connectivity index (χ2v) is 18.0. The Bertz CT molecular complexity index is 2360. The third-order valence-corrected chi connectivity index (χ3v) is 13.7. The summed E-state index contributed by atoms with van der Waals surface area (Å²) in [7, 11) is 2.86. The monoisotopic (exact) mass is 934 g/mol. The number of carbonyl (C=O) groups is 1. The minimum Gasteiger partial charge on any atom is -0.497 e. The summed E-state index contributed by atoms with van der Waals surface area (Å²) in [6, 6.07) is 36.5. The van der Waals surface area contributed by atoms with Gasteiger partial charge in [0, 0.05) is 37.4 Å². The number of methoxy groups -OCH3 is 2. The number of aryl methyl sites for hydroxylation is 1. The molecule has 6 rings (SSSR count). The largest absolute Gasteiger partial charge is 0.497 e. The van der Waals surface area contributed by atoms with E-state index < -0.39 is 44.2 Å². The van der Waals surface area contributed by atoms with E-state index >= 15 is 0 Å². The Labute approximate surface area is 395 Å². The molecule has 0 saturated carbocycles. The van der Waals surface area contributed by atoms with Gasteiger partial charge in [-0.3, -0.25) is 9.36 Å². The average molecular weight is 935 g/mol. The molecular weight excluding hydrogens is 872 g/mol. The first-order valence-electron chi connectivity index (χ1n) is 22.5. The molecule has 5 atom stereocenters. The Kier molecular flexibility index (Phi) is 18.4. The summed E-state index contributed by atoms with van der Waals surface area (Å²) < 4.78 is 49.3. The molecule has 16 heteroatoms. The van der Waals surface area contributed by atoms with Crippen molar-refractivity contribution in [3.05, 3.63) is 154 Å². The lowest BCUT2D eigenvalue weighted by Gasteiger charge is -2.46. The highest BCUT2D eigenvalue weighted by Crippen LogP contribution is 2.50. The van der Waals surface area contributed by atoms with Crippen LogP contribution < -0.4 is 25.8 Å². The van der Waals surface area contributed by atoms with E-state index in [4.69, 9.17) is 32.7 Å². The van der Waals surface area contributed by atoms with Gasteiger partial charge >= 0.3 is 5.69 Å². The van der Waals surface area contributed by atoms with E-state index in [0.717, 1.165) is 22.3 Å². The quantitative estimate of drug-likeness (QED) is 0.0369. The topological polar surface area (TPSA) is 168 Å². The Morgan fingerprint density at radius 3 is 2.03 bits per heavy atom. The molecular formula is C51H63N6O9P. The molecule has 67 heavy (non-hydrogen) atoms. The van der Waals surface area contributed by atoms with Crippen molar-refractivity contribution in [2.75, 3.05) is 53.0 Å². The summed E-state index contributed by atoms with van der Waals surface area (Å²) in [6.45, 7) is 10.2. The number of nitriles is 1. The molecule has 356 valence electrons. The number of ether oxygens (including phenoxy) is 5. The van der Waals surface area contributed by atoms with Crippen molar-refractivity contribution < 1.29 is 37.5 Å². The number of hydrogen-bond donors (Lipinski definition) is 2. The van der Waals surface area contributed by atoms with Crippen LogP contribution >= 0.6 is 8.53 Å². The van der Waals surface area contributed by atoms with Crippen LogP contribution in [0.5, 0.6) is 11.5 Å². The minimum atomic E-state index is -1.91. The zero-order chi connectivity index (χ0) is 47.9. The molecule has 1 fully saturated rings. The lowest BCUT2D eigenvalue weighted by molar-refractivity contribution is -0.194. The lowest BCUT2D eigenvalue weighted by atomic mass is 9.80. The number of anilines is 1. The molecule has 1 aliphatic heterocycles. The van der Waals surface area contributed by atoms with Crippen molar-refractivity contribution in [2.45, 2.75) is 89.6 Å². The van der Waals surface area contributed by atoms with E-state index in [9.17, 15) is 14.9 Å². The molecule has 1 amide bonds. The lowest BCUT2D eigenvalue weighted by Crippen LogP contribution is -2.57. The molecule has 0 aliphatic carbocycles. The first-order chi connectivity index (χ1) is 32.4. The van der Waals surface area contributed by atoms with Gasteiger partial charge in [-0.1, -0.05) is 84.9 Å². The Balaban J connectivity index is 1.48. The molecule has 0 radical (unpaired) electrons. The fourth-order valence-corrected chi connectivity index (χ4v) is 10.0. The Hall–Kier alpha value is -5.69. The number of hydrogen-bond acceptors (Lipinski definition) is 13. The van der Waals surface area contributed by atoms with Crippen LogP contribution in [-0.4, -0.2) is 98.2 Å². The fraction of sp³-hybridized carbons (Fsp3) is 0.412. The number of carbonyl (C=O) groups excluding carboxylic acids is 1. The van der Waals surface area contributed by atoms with Gasteiger partial charge in [-0.2, -0.15) is 10.2 Å². The zero-order valence-corrected chi connectivity index (χ0v) is 40.5.